The Morgan fingerprint density at radius 3 is 2.15 bits per heavy atom. The van der Waals surface area contributed by atoms with Crippen LogP contribution in [0.25, 0.3) is 0 Å². The monoisotopic (exact) mass is 932 g/mol. The van der Waals surface area contributed by atoms with Crippen LogP contribution in [0.1, 0.15) is 112 Å². The molecule has 0 bridgehead atoms. The Morgan fingerprint density at radius 1 is 0.864 bits per heavy atom. The predicted octanol–water partition coefficient (Wildman–Crippen LogP) is 7.05. The molecule has 16 heteroatoms. The second kappa shape index (κ2) is 26.1. The number of nitrogens with zero attached hydrogens (tertiary/aromatic N) is 2. The second-order valence-corrected chi connectivity index (χ2v) is 20.5. The van der Waals surface area contributed by atoms with Crippen molar-refractivity contribution in [2.45, 2.75) is 149 Å². The number of alkyl carbamates (subject to hydrolysis) is 2. The summed E-state index contributed by atoms with van der Waals surface area (Å²) in [6, 6.07) is 15.7. The van der Waals surface area contributed by atoms with Crippen molar-refractivity contribution in [3.63, 3.8) is 0 Å². The number of nitrogens with one attached hydrogen (secondary N) is 5. The Hall–Kier alpha value is -5.38. The van der Waals surface area contributed by atoms with Gasteiger partial charge in [0, 0.05) is 24.9 Å². The number of ether oxygens (including phenoxy) is 2. The number of hydrogen-bond acceptors (Lipinski definition) is 10. The van der Waals surface area contributed by atoms with E-state index in [1.165, 1.54) is 11.8 Å². The van der Waals surface area contributed by atoms with Gasteiger partial charge in [0.05, 0.1) is 12.0 Å². The van der Waals surface area contributed by atoms with Crippen LogP contribution < -0.4 is 26.6 Å². The molecule has 0 spiro atoms. The number of carbonyl (C=O) groups is 6. The Labute approximate surface area is 395 Å². The zero-order chi connectivity index (χ0) is 48.4. The highest BCUT2D eigenvalue weighted by atomic mass is 32.2. The Morgan fingerprint density at radius 2 is 1.53 bits per heavy atom. The molecule has 66 heavy (non-hydrogen) atoms. The smallest absolute Gasteiger partial charge is 0.408 e. The molecule has 2 aromatic rings. The normalized spacial score (nSPS) is 18.3. The van der Waals surface area contributed by atoms with Crippen LogP contribution in [0.15, 0.2) is 77.3 Å². The lowest BCUT2D eigenvalue weighted by molar-refractivity contribution is -0.141. The van der Waals surface area contributed by atoms with Crippen molar-refractivity contribution < 1.29 is 38.2 Å². The van der Waals surface area contributed by atoms with Crippen molar-refractivity contribution in [3.05, 3.63) is 83.4 Å². The third-order valence-electron chi connectivity index (χ3n) is 11.2. The van der Waals surface area contributed by atoms with Crippen molar-refractivity contribution in [2.75, 3.05) is 19.6 Å². The number of carbonyl (C=O) groups excluding carboxylic acids is 6. The highest BCUT2D eigenvalue weighted by molar-refractivity contribution is 8.14. The van der Waals surface area contributed by atoms with Gasteiger partial charge in [0.15, 0.2) is 5.17 Å². The lowest BCUT2D eigenvalue weighted by Crippen LogP contribution is -2.58. The van der Waals surface area contributed by atoms with E-state index in [0.717, 1.165) is 23.1 Å². The van der Waals surface area contributed by atoms with Crippen LogP contribution >= 0.6 is 11.8 Å². The third kappa shape index (κ3) is 18.1. The first-order chi connectivity index (χ1) is 31.3. The number of thioether (sulfide) groups is 1. The van der Waals surface area contributed by atoms with Gasteiger partial charge in [-0.1, -0.05) is 119 Å². The minimum atomic E-state index is -1.03. The van der Waals surface area contributed by atoms with Gasteiger partial charge < -0.3 is 41.0 Å². The van der Waals surface area contributed by atoms with Gasteiger partial charge in [-0.2, -0.15) is 0 Å². The highest BCUT2D eigenvalue weighted by Gasteiger charge is 2.39. The largest absolute Gasteiger partial charge is 0.445 e. The van der Waals surface area contributed by atoms with E-state index in [-0.39, 0.29) is 42.6 Å². The summed E-state index contributed by atoms with van der Waals surface area (Å²) in [5.74, 6) is -2.50. The molecular weight excluding hydrogens is 859 g/mol. The van der Waals surface area contributed by atoms with Crippen molar-refractivity contribution >= 4 is 52.7 Å². The summed E-state index contributed by atoms with van der Waals surface area (Å²) in [5.41, 5.74) is 1.91. The van der Waals surface area contributed by atoms with E-state index in [0.29, 0.717) is 50.4 Å². The van der Waals surface area contributed by atoms with E-state index < -0.39 is 65.6 Å². The quantitative estimate of drug-likeness (QED) is 0.0683. The standard InChI is InChI=1S/C50H73N7O8S/c1-32(2)28-40(54-49(63)65-50(7,8)9)34(5)29-38(30-36-18-12-10-13-19-36)46(61)57-27-17-23-41(57)44(59)55-42(33(3)4)45(60)53-39(43(58)56-47-51-26-24-35(6)66-47)22-16-25-52-48(62)64-31-37-20-14-11-15-21-37/h10-15,18-21,29,32-33,35,38-42H,16-17,22-28,30-31H2,1-9H3,(H,52,62)(H,53,60)(H,54,63)(H,55,59)(H,51,56,58)/b34-29+/t35?,38-,39?,40+,41+,42+/m1/s1. The van der Waals surface area contributed by atoms with Gasteiger partial charge >= 0.3 is 12.2 Å². The van der Waals surface area contributed by atoms with Crippen LogP contribution in [0.5, 0.6) is 0 Å². The second-order valence-electron chi connectivity index (χ2n) is 19.0. The number of rotatable bonds is 20. The molecule has 0 radical (unpaired) electrons. The zero-order valence-electron chi connectivity index (χ0n) is 40.3. The average molecular weight is 932 g/mol. The van der Waals surface area contributed by atoms with Crippen molar-refractivity contribution in [3.8, 4) is 0 Å². The summed E-state index contributed by atoms with van der Waals surface area (Å²) in [6.07, 6.45) is 4.15. The molecule has 362 valence electrons. The molecule has 1 saturated heterocycles. The molecule has 2 heterocycles. The van der Waals surface area contributed by atoms with Crippen LogP contribution in [0.2, 0.25) is 0 Å². The molecule has 0 aliphatic carbocycles. The Kier molecular flexibility index (Phi) is 21.0. The molecule has 2 aliphatic heterocycles. The molecule has 2 unspecified atom stereocenters. The maximum atomic E-state index is 14.7. The number of benzene rings is 2. The molecule has 0 aromatic heterocycles. The molecule has 2 aromatic carbocycles. The highest BCUT2D eigenvalue weighted by Crippen LogP contribution is 2.26. The fourth-order valence-electron chi connectivity index (χ4n) is 7.80. The van der Waals surface area contributed by atoms with Gasteiger partial charge in [0.25, 0.3) is 0 Å². The van der Waals surface area contributed by atoms with Crippen LogP contribution in [0.4, 0.5) is 9.59 Å². The van der Waals surface area contributed by atoms with Gasteiger partial charge in [0.2, 0.25) is 23.6 Å². The van der Waals surface area contributed by atoms with E-state index in [4.69, 9.17) is 9.47 Å². The van der Waals surface area contributed by atoms with E-state index in [2.05, 4.69) is 52.3 Å². The molecule has 4 rings (SSSR count). The summed E-state index contributed by atoms with van der Waals surface area (Å²) in [5, 5.41) is 15.2. The average Bonchev–Trinajstić information content (AvgIpc) is 3.75. The molecule has 5 N–H and O–H groups in total. The molecule has 6 atom stereocenters. The lowest BCUT2D eigenvalue weighted by Gasteiger charge is -2.31. The summed E-state index contributed by atoms with van der Waals surface area (Å²) in [6.45, 7) is 18.4. The van der Waals surface area contributed by atoms with Gasteiger partial charge in [-0.15, -0.1) is 0 Å². The fraction of sp³-hybridized carbons (Fsp3) is 0.580. The predicted molar refractivity (Wildman–Crippen MR) is 259 cm³/mol. The van der Waals surface area contributed by atoms with Gasteiger partial charge in [-0.25, -0.2) is 9.59 Å². The Bertz CT molecular complexity index is 1990. The van der Waals surface area contributed by atoms with Gasteiger partial charge in [0.1, 0.15) is 30.3 Å². The van der Waals surface area contributed by atoms with Crippen molar-refractivity contribution in [1.29, 1.82) is 0 Å². The third-order valence-corrected chi connectivity index (χ3v) is 12.3. The first kappa shape index (κ1) is 53.2. The summed E-state index contributed by atoms with van der Waals surface area (Å²) in [4.78, 5) is 88.3. The van der Waals surface area contributed by atoms with E-state index in [1.807, 2.05) is 73.7 Å². The maximum absolute atomic E-state index is 14.7. The number of aliphatic imine (C=N–C) groups is 1. The number of hydrogen-bond donors (Lipinski definition) is 5. The van der Waals surface area contributed by atoms with Gasteiger partial charge in [-0.3, -0.25) is 24.2 Å². The van der Waals surface area contributed by atoms with Crippen molar-refractivity contribution in [1.82, 2.24) is 31.5 Å². The SMILES string of the molecule is C/C(=C\[C@H](Cc1ccccc1)C(=O)N1CCC[C@H]1C(=O)N[C@H](C(=O)NC(CCCNC(=O)OCc1ccccc1)C(=O)NC1=NCCC(C)S1)C(C)C)[C@H](CC(C)C)NC(=O)OC(C)(C)C. The zero-order valence-corrected chi connectivity index (χ0v) is 41.1. The van der Waals surface area contributed by atoms with E-state index in [1.54, 1.807) is 39.5 Å². The van der Waals surface area contributed by atoms with Crippen LogP contribution in [0, 0.1) is 17.8 Å². The van der Waals surface area contributed by atoms with Crippen molar-refractivity contribution in [2.24, 2.45) is 22.7 Å². The molecule has 0 saturated carbocycles. The number of amides is 6. The minimum absolute atomic E-state index is 0.111. The summed E-state index contributed by atoms with van der Waals surface area (Å²) < 4.78 is 10.9. The molecule has 15 nitrogen and oxygen atoms in total. The van der Waals surface area contributed by atoms with Gasteiger partial charge in [-0.05, 0) is 95.6 Å². The number of likely N-dealkylation sites (tertiary alicyclic amines) is 1. The topological polar surface area (TPSA) is 197 Å². The van der Waals surface area contributed by atoms with Crippen LogP contribution in [0.3, 0.4) is 0 Å². The first-order valence-electron chi connectivity index (χ1n) is 23.4. The van der Waals surface area contributed by atoms with E-state index in [9.17, 15) is 28.8 Å². The fourth-order valence-corrected chi connectivity index (χ4v) is 8.73. The van der Waals surface area contributed by atoms with Crippen LogP contribution in [-0.4, -0.2) is 101 Å². The summed E-state index contributed by atoms with van der Waals surface area (Å²) in [7, 11) is 0. The molecule has 1 fully saturated rings. The molecular formula is C50H73N7O8S. The molecule has 2 aliphatic rings. The Balaban J connectivity index is 1.49. The van der Waals surface area contributed by atoms with Crippen LogP contribution in [-0.2, 0) is 41.7 Å². The van der Waals surface area contributed by atoms with E-state index >= 15 is 0 Å². The lowest BCUT2D eigenvalue weighted by atomic mass is 9.91. The minimum Gasteiger partial charge on any atom is -0.445 e. The number of amidine groups is 1. The molecule has 6 amide bonds. The maximum Gasteiger partial charge on any atom is 0.408 e. The first-order valence-corrected chi connectivity index (χ1v) is 24.3. The summed E-state index contributed by atoms with van der Waals surface area (Å²) >= 11 is 1.45.